The molecule has 110 valence electrons. The van der Waals surface area contributed by atoms with Crippen molar-refractivity contribution in [3.05, 3.63) is 29.6 Å². The lowest BCUT2D eigenvalue weighted by molar-refractivity contribution is 0.122. The summed E-state index contributed by atoms with van der Waals surface area (Å²) in [6.45, 7) is 7.78. The van der Waals surface area contributed by atoms with Crippen molar-refractivity contribution in [2.45, 2.75) is 6.54 Å². The van der Waals surface area contributed by atoms with Crippen molar-refractivity contribution in [3.63, 3.8) is 0 Å². The molecule has 0 bridgehead atoms. The fraction of sp³-hybridized carbons (Fsp3) is 0.600. The highest BCUT2D eigenvalue weighted by molar-refractivity contribution is 5.54. The van der Waals surface area contributed by atoms with Crippen LogP contribution in [0.25, 0.3) is 0 Å². The molecular formula is C15H22FN3O. The van der Waals surface area contributed by atoms with Gasteiger partial charge in [-0.25, -0.2) is 4.39 Å². The van der Waals surface area contributed by atoms with Crippen LogP contribution in [0.3, 0.4) is 0 Å². The zero-order valence-electron chi connectivity index (χ0n) is 11.8. The molecule has 0 unspecified atom stereocenters. The number of hydrogen-bond donors (Lipinski definition) is 1. The number of rotatable bonds is 3. The van der Waals surface area contributed by atoms with Crippen molar-refractivity contribution >= 4 is 5.69 Å². The maximum absolute atomic E-state index is 14.3. The molecule has 2 aliphatic rings. The van der Waals surface area contributed by atoms with Crippen LogP contribution in [-0.2, 0) is 11.3 Å². The molecule has 4 nitrogen and oxygen atoms in total. The molecule has 0 spiro atoms. The molecule has 2 saturated heterocycles. The molecular weight excluding hydrogens is 257 g/mol. The smallest absolute Gasteiger partial charge is 0.129 e. The number of benzene rings is 1. The molecule has 0 aliphatic carbocycles. The van der Waals surface area contributed by atoms with Crippen molar-refractivity contribution in [3.8, 4) is 0 Å². The SMILES string of the molecule is Fc1cccc(N2CCOCC2)c1CN1CCNCC1. The first-order valence-electron chi connectivity index (χ1n) is 7.38. The third-order valence-corrected chi connectivity index (χ3v) is 4.04. The molecule has 1 aromatic rings. The highest BCUT2D eigenvalue weighted by Crippen LogP contribution is 2.25. The van der Waals surface area contributed by atoms with Gasteiger partial charge in [0.25, 0.3) is 0 Å². The molecule has 2 fully saturated rings. The van der Waals surface area contributed by atoms with Gasteiger partial charge in [-0.2, -0.15) is 0 Å². The second-order valence-corrected chi connectivity index (χ2v) is 5.36. The lowest BCUT2D eigenvalue weighted by atomic mass is 10.1. The third kappa shape index (κ3) is 3.11. The van der Waals surface area contributed by atoms with Gasteiger partial charge >= 0.3 is 0 Å². The van der Waals surface area contributed by atoms with Crippen LogP contribution in [0.15, 0.2) is 18.2 Å². The molecule has 3 rings (SSSR count). The average molecular weight is 279 g/mol. The topological polar surface area (TPSA) is 27.7 Å². The van der Waals surface area contributed by atoms with E-state index in [1.54, 1.807) is 12.1 Å². The van der Waals surface area contributed by atoms with Crippen molar-refractivity contribution in [1.29, 1.82) is 0 Å². The van der Waals surface area contributed by atoms with E-state index < -0.39 is 0 Å². The van der Waals surface area contributed by atoms with Gasteiger partial charge in [-0.1, -0.05) is 6.07 Å². The Morgan fingerprint density at radius 1 is 1.10 bits per heavy atom. The fourth-order valence-electron chi connectivity index (χ4n) is 2.90. The van der Waals surface area contributed by atoms with Gasteiger partial charge < -0.3 is 15.0 Å². The lowest BCUT2D eigenvalue weighted by Crippen LogP contribution is -2.43. The summed E-state index contributed by atoms with van der Waals surface area (Å²) in [7, 11) is 0. The standard InChI is InChI=1S/C15H22FN3O/c16-14-2-1-3-15(19-8-10-20-11-9-19)13(14)12-18-6-4-17-5-7-18/h1-3,17H,4-12H2. The summed E-state index contributed by atoms with van der Waals surface area (Å²) in [5, 5.41) is 3.33. The monoisotopic (exact) mass is 279 g/mol. The minimum absolute atomic E-state index is 0.0903. The lowest BCUT2D eigenvalue weighted by Gasteiger charge is -2.33. The number of halogens is 1. The van der Waals surface area contributed by atoms with Crippen LogP contribution in [0.4, 0.5) is 10.1 Å². The fourth-order valence-corrected chi connectivity index (χ4v) is 2.90. The summed E-state index contributed by atoms with van der Waals surface area (Å²) < 4.78 is 19.6. The molecule has 2 heterocycles. The largest absolute Gasteiger partial charge is 0.378 e. The first-order valence-corrected chi connectivity index (χ1v) is 7.38. The molecule has 0 aromatic heterocycles. The second-order valence-electron chi connectivity index (χ2n) is 5.36. The number of nitrogens with zero attached hydrogens (tertiary/aromatic N) is 2. The Bertz CT molecular complexity index is 443. The number of nitrogens with one attached hydrogen (secondary N) is 1. The van der Waals surface area contributed by atoms with E-state index in [-0.39, 0.29) is 5.82 Å². The Hall–Kier alpha value is -1.17. The molecule has 0 amide bonds. The van der Waals surface area contributed by atoms with Gasteiger partial charge in [-0.15, -0.1) is 0 Å². The first-order chi connectivity index (χ1) is 9.84. The minimum Gasteiger partial charge on any atom is -0.378 e. The maximum Gasteiger partial charge on any atom is 0.129 e. The summed E-state index contributed by atoms with van der Waals surface area (Å²) in [6, 6.07) is 5.41. The van der Waals surface area contributed by atoms with Crippen LogP contribution in [0.1, 0.15) is 5.56 Å². The Morgan fingerprint density at radius 3 is 2.60 bits per heavy atom. The Balaban J connectivity index is 1.80. The van der Waals surface area contributed by atoms with Crippen LogP contribution in [0.2, 0.25) is 0 Å². The van der Waals surface area contributed by atoms with E-state index in [1.807, 2.05) is 6.07 Å². The highest BCUT2D eigenvalue weighted by atomic mass is 19.1. The van der Waals surface area contributed by atoms with Gasteiger partial charge in [0.1, 0.15) is 5.82 Å². The second kappa shape index (κ2) is 6.52. The van der Waals surface area contributed by atoms with E-state index >= 15 is 0 Å². The van der Waals surface area contributed by atoms with Crippen LogP contribution in [0.5, 0.6) is 0 Å². The molecule has 0 saturated carbocycles. The number of morpholine rings is 1. The van der Waals surface area contributed by atoms with Gasteiger partial charge in [0.2, 0.25) is 0 Å². The quantitative estimate of drug-likeness (QED) is 0.896. The zero-order valence-corrected chi connectivity index (χ0v) is 11.8. The predicted octanol–water partition coefficient (Wildman–Crippen LogP) is 1.07. The number of hydrogen-bond acceptors (Lipinski definition) is 4. The van der Waals surface area contributed by atoms with Crippen LogP contribution < -0.4 is 10.2 Å². The number of ether oxygens (including phenoxy) is 1. The Kier molecular flexibility index (Phi) is 4.50. The van der Waals surface area contributed by atoms with Gasteiger partial charge in [-0.3, -0.25) is 4.90 Å². The van der Waals surface area contributed by atoms with Crippen LogP contribution >= 0.6 is 0 Å². The van der Waals surface area contributed by atoms with Crippen LogP contribution in [0, 0.1) is 5.82 Å². The average Bonchev–Trinajstić information content (AvgIpc) is 2.51. The van der Waals surface area contributed by atoms with Crippen LogP contribution in [-0.4, -0.2) is 57.4 Å². The summed E-state index contributed by atoms with van der Waals surface area (Å²) in [4.78, 5) is 4.56. The van der Waals surface area contributed by atoms with Gasteiger partial charge in [0, 0.05) is 57.1 Å². The molecule has 0 atom stereocenters. The van der Waals surface area contributed by atoms with Crippen molar-refractivity contribution in [1.82, 2.24) is 10.2 Å². The number of piperazine rings is 1. The van der Waals surface area contributed by atoms with Gasteiger partial charge in [0.05, 0.1) is 13.2 Å². The molecule has 2 aliphatic heterocycles. The van der Waals surface area contributed by atoms with Gasteiger partial charge in [-0.05, 0) is 12.1 Å². The summed E-state index contributed by atoms with van der Waals surface area (Å²) in [5.74, 6) is -0.0903. The van der Waals surface area contributed by atoms with Crippen molar-refractivity contribution < 1.29 is 9.13 Å². The normalized spacial score (nSPS) is 21.1. The molecule has 5 heteroatoms. The van der Waals surface area contributed by atoms with E-state index in [2.05, 4.69) is 15.1 Å². The Labute approximate surface area is 119 Å². The van der Waals surface area contributed by atoms with E-state index in [0.29, 0.717) is 6.54 Å². The highest BCUT2D eigenvalue weighted by Gasteiger charge is 2.20. The third-order valence-electron chi connectivity index (χ3n) is 4.04. The summed E-state index contributed by atoms with van der Waals surface area (Å²) >= 11 is 0. The van der Waals surface area contributed by atoms with Crippen molar-refractivity contribution in [2.75, 3.05) is 57.4 Å². The molecule has 0 radical (unpaired) electrons. The van der Waals surface area contributed by atoms with E-state index in [4.69, 9.17) is 4.74 Å². The van der Waals surface area contributed by atoms with E-state index in [9.17, 15) is 4.39 Å². The maximum atomic E-state index is 14.3. The van der Waals surface area contributed by atoms with E-state index in [0.717, 1.165) is 63.7 Å². The molecule has 1 aromatic carbocycles. The van der Waals surface area contributed by atoms with Gasteiger partial charge in [0.15, 0.2) is 0 Å². The van der Waals surface area contributed by atoms with Crippen molar-refractivity contribution in [2.24, 2.45) is 0 Å². The minimum atomic E-state index is -0.0903. The first kappa shape index (κ1) is 13.8. The summed E-state index contributed by atoms with van der Waals surface area (Å²) in [6.07, 6.45) is 0. The summed E-state index contributed by atoms with van der Waals surface area (Å²) in [5.41, 5.74) is 1.86. The molecule has 1 N–H and O–H groups in total. The molecule has 20 heavy (non-hydrogen) atoms. The predicted molar refractivity (Wildman–Crippen MR) is 77.6 cm³/mol. The zero-order chi connectivity index (χ0) is 13.8. The Morgan fingerprint density at radius 2 is 1.85 bits per heavy atom. The van der Waals surface area contributed by atoms with E-state index in [1.165, 1.54) is 0 Å². The number of anilines is 1.